The number of aromatic carboxylic acids is 1. The van der Waals surface area contributed by atoms with E-state index in [0.717, 1.165) is 10.0 Å². The average molecular weight is 722 g/mol. The molecule has 3 aromatic carbocycles. The van der Waals surface area contributed by atoms with Crippen LogP contribution in [0.25, 0.3) is 10.9 Å². The molecule has 4 aromatic rings. The summed E-state index contributed by atoms with van der Waals surface area (Å²) in [6.07, 6.45) is 1.57. The Morgan fingerprint density at radius 3 is 2.44 bits per heavy atom. The molecular weight excluding hydrogens is 698 g/mol. The molecule has 0 aliphatic rings. The fourth-order valence-electron chi connectivity index (χ4n) is 3.77. The summed E-state index contributed by atoms with van der Waals surface area (Å²) in [6, 6.07) is 13.6. The lowest BCUT2D eigenvalue weighted by Crippen LogP contribution is -2.23. The number of aromatic nitrogens is 2. The van der Waals surface area contributed by atoms with Crippen LogP contribution in [0, 0.1) is 0 Å². The van der Waals surface area contributed by atoms with E-state index in [1.54, 1.807) is 30.5 Å². The van der Waals surface area contributed by atoms with Gasteiger partial charge in [-0.25, -0.2) is 9.78 Å². The Bertz CT molecular complexity index is 1630. The second-order valence-electron chi connectivity index (χ2n) is 8.79. The number of ether oxygens (including phenoxy) is 2. The largest absolute Gasteiger partial charge is 0.490 e. The van der Waals surface area contributed by atoms with Gasteiger partial charge in [0.05, 0.1) is 33.8 Å². The molecule has 202 valence electrons. The first-order chi connectivity index (χ1) is 18.6. The maximum Gasteiger partial charge on any atom is 0.335 e. The van der Waals surface area contributed by atoms with E-state index >= 15 is 0 Å². The molecule has 0 spiro atoms. The van der Waals surface area contributed by atoms with Gasteiger partial charge in [0, 0.05) is 20.4 Å². The Hall–Kier alpha value is -3.02. The third kappa shape index (κ3) is 6.42. The van der Waals surface area contributed by atoms with Crippen LogP contribution in [0.4, 0.5) is 0 Å². The molecule has 0 atom stereocenters. The molecule has 0 aliphatic carbocycles. The Morgan fingerprint density at radius 1 is 1.08 bits per heavy atom. The summed E-state index contributed by atoms with van der Waals surface area (Å²) in [5.41, 5.74) is 2.00. The third-order valence-corrected chi connectivity index (χ3v) is 8.34. The average Bonchev–Trinajstić information content (AvgIpc) is 2.91. The highest BCUT2D eigenvalue weighted by atomic mass is 79.9. The molecule has 39 heavy (non-hydrogen) atoms. The number of benzene rings is 3. The van der Waals surface area contributed by atoms with Crippen molar-refractivity contribution >= 4 is 70.9 Å². The van der Waals surface area contributed by atoms with Crippen LogP contribution < -0.4 is 15.0 Å². The molecule has 0 radical (unpaired) electrons. The molecule has 1 heterocycles. The highest BCUT2D eigenvalue weighted by molar-refractivity contribution is 9.13. The van der Waals surface area contributed by atoms with E-state index in [1.165, 1.54) is 16.8 Å². The monoisotopic (exact) mass is 719 g/mol. The summed E-state index contributed by atoms with van der Waals surface area (Å²) in [5, 5.41) is 14.1. The molecule has 1 aromatic heterocycles. The Labute approximate surface area is 250 Å². The molecule has 8 nitrogen and oxygen atoms in total. The van der Waals surface area contributed by atoms with E-state index in [0.29, 0.717) is 49.3 Å². The van der Waals surface area contributed by atoms with Crippen LogP contribution in [0.15, 0.2) is 71.8 Å². The number of hydrogen-bond acceptors (Lipinski definition) is 6. The number of hydrogen-bond donors (Lipinski definition) is 1. The summed E-state index contributed by atoms with van der Waals surface area (Å²) in [5.74, 6) is 0.464. The standard InChI is InChI=1S/C28H24Br3N3O5/c1-4-38-22-11-18(23(30)24(31)25(22)39-14-16-5-7-17(8-6-16)28(36)37)13-32-34-26(15(2)3)33-21-10-9-19(29)12-20(21)27(34)35/h5-13,15H,4,14H2,1-3H3,(H,36,37). The lowest BCUT2D eigenvalue weighted by molar-refractivity contribution is 0.0697. The summed E-state index contributed by atoms with van der Waals surface area (Å²) in [6.45, 7) is 6.38. The number of rotatable bonds is 9. The molecule has 0 saturated carbocycles. The minimum atomic E-state index is -0.986. The van der Waals surface area contributed by atoms with Gasteiger partial charge in [-0.15, -0.1) is 0 Å². The highest BCUT2D eigenvalue weighted by Crippen LogP contribution is 2.43. The van der Waals surface area contributed by atoms with Crippen molar-refractivity contribution in [1.29, 1.82) is 0 Å². The van der Waals surface area contributed by atoms with Gasteiger partial charge in [-0.2, -0.15) is 9.78 Å². The van der Waals surface area contributed by atoms with Crippen LogP contribution >= 0.6 is 47.8 Å². The summed E-state index contributed by atoms with van der Waals surface area (Å²) >= 11 is 10.6. The molecule has 0 aliphatic heterocycles. The van der Waals surface area contributed by atoms with Gasteiger partial charge in [0.2, 0.25) is 0 Å². The van der Waals surface area contributed by atoms with Crippen molar-refractivity contribution in [2.45, 2.75) is 33.3 Å². The van der Waals surface area contributed by atoms with Crippen molar-refractivity contribution in [3.8, 4) is 11.5 Å². The van der Waals surface area contributed by atoms with Gasteiger partial charge >= 0.3 is 5.97 Å². The predicted molar refractivity (Wildman–Crippen MR) is 162 cm³/mol. The number of halogens is 3. The Balaban J connectivity index is 1.71. The van der Waals surface area contributed by atoms with Crippen LogP contribution in [0.1, 0.15) is 54.0 Å². The highest BCUT2D eigenvalue weighted by Gasteiger charge is 2.18. The second-order valence-corrected chi connectivity index (χ2v) is 11.3. The molecule has 4 rings (SSSR count). The molecule has 0 saturated heterocycles. The lowest BCUT2D eigenvalue weighted by atomic mass is 10.1. The van der Waals surface area contributed by atoms with Gasteiger partial charge in [-0.1, -0.05) is 41.9 Å². The van der Waals surface area contributed by atoms with Crippen molar-refractivity contribution < 1.29 is 19.4 Å². The molecule has 0 unspecified atom stereocenters. The van der Waals surface area contributed by atoms with Crippen LogP contribution in [-0.2, 0) is 6.61 Å². The van der Waals surface area contributed by atoms with Crippen molar-refractivity contribution in [2.24, 2.45) is 5.10 Å². The minimum absolute atomic E-state index is 0.0441. The van der Waals surface area contributed by atoms with Crippen molar-refractivity contribution in [2.75, 3.05) is 6.61 Å². The van der Waals surface area contributed by atoms with E-state index < -0.39 is 5.97 Å². The number of carboxylic acids is 1. The van der Waals surface area contributed by atoms with Crippen molar-refractivity contribution in [3.63, 3.8) is 0 Å². The van der Waals surface area contributed by atoms with Crippen LogP contribution in [-0.4, -0.2) is 33.6 Å². The first kappa shape index (κ1) is 29.0. The summed E-state index contributed by atoms with van der Waals surface area (Å²) in [4.78, 5) is 29.2. The zero-order valence-corrected chi connectivity index (χ0v) is 26.0. The molecular formula is C28H24Br3N3O5. The maximum absolute atomic E-state index is 13.4. The number of carbonyl (C=O) groups is 1. The Morgan fingerprint density at radius 2 is 1.79 bits per heavy atom. The third-order valence-electron chi connectivity index (χ3n) is 5.70. The van der Waals surface area contributed by atoms with Crippen LogP contribution in [0.2, 0.25) is 0 Å². The Kier molecular flexibility index (Phi) is 9.24. The lowest BCUT2D eigenvalue weighted by Gasteiger charge is -2.17. The smallest absolute Gasteiger partial charge is 0.335 e. The second kappa shape index (κ2) is 12.4. The molecule has 0 fully saturated rings. The van der Waals surface area contributed by atoms with Gasteiger partial charge in [-0.3, -0.25) is 4.79 Å². The number of fused-ring (bicyclic) bond motifs is 1. The van der Waals surface area contributed by atoms with Gasteiger partial charge in [0.1, 0.15) is 12.4 Å². The molecule has 11 heteroatoms. The maximum atomic E-state index is 13.4. The fraction of sp³-hybridized carbons (Fsp3) is 0.214. The quantitative estimate of drug-likeness (QED) is 0.181. The first-order valence-electron chi connectivity index (χ1n) is 12.0. The van der Waals surface area contributed by atoms with Gasteiger partial charge in [0.25, 0.3) is 5.56 Å². The van der Waals surface area contributed by atoms with Gasteiger partial charge < -0.3 is 14.6 Å². The van der Waals surface area contributed by atoms with Crippen molar-refractivity contribution in [3.05, 3.63) is 94.8 Å². The topological polar surface area (TPSA) is 103 Å². The first-order valence-corrected chi connectivity index (χ1v) is 14.3. The molecule has 0 bridgehead atoms. The van der Waals surface area contributed by atoms with Gasteiger partial charge in [-0.05, 0) is 80.7 Å². The predicted octanol–water partition coefficient (Wildman–Crippen LogP) is 7.37. The van der Waals surface area contributed by atoms with Crippen LogP contribution in [0.5, 0.6) is 11.5 Å². The normalized spacial score (nSPS) is 11.5. The molecule has 1 N–H and O–H groups in total. The molecule has 0 amide bonds. The number of carboxylic acid groups (broad SMARTS) is 1. The summed E-state index contributed by atoms with van der Waals surface area (Å²) < 4.78 is 15.3. The van der Waals surface area contributed by atoms with E-state index in [4.69, 9.17) is 14.6 Å². The SMILES string of the molecule is CCOc1cc(C=Nn2c(C(C)C)nc3ccc(Br)cc3c2=O)c(Br)c(Br)c1OCc1ccc(C(=O)O)cc1. The van der Waals surface area contributed by atoms with E-state index in [9.17, 15) is 9.59 Å². The number of nitrogens with zero attached hydrogens (tertiary/aromatic N) is 3. The van der Waals surface area contributed by atoms with Gasteiger partial charge in [0.15, 0.2) is 11.5 Å². The zero-order valence-electron chi connectivity index (χ0n) is 21.2. The zero-order chi connectivity index (χ0) is 28.3. The summed E-state index contributed by atoms with van der Waals surface area (Å²) in [7, 11) is 0. The van der Waals surface area contributed by atoms with E-state index in [1.807, 2.05) is 32.9 Å². The van der Waals surface area contributed by atoms with E-state index in [-0.39, 0.29) is 23.6 Å². The van der Waals surface area contributed by atoms with Crippen LogP contribution in [0.3, 0.4) is 0 Å². The minimum Gasteiger partial charge on any atom is -0.490 e. The fourth-order valence-corrected chi connectivity index (χ4v) is 5.06. The van der Waals surface area contributed by atoms with E-state index in [2.05, 4.69) is 57.9 Å². The van der Waals surface area contributed by atoms with Crippen molar-refractivity contribution in [1.82, 2.24) is 9.66 Å².